The van der Waals surface area contributed by atoms with Crippen LogP contribution < -0.4 is 5.32 Å². The first-order chi connectivity index (χ1) is 16.2. The predicted molar refractivity (Wildman–Crippen MR) is 132 cm³/mol. The molecule has 0 unspecified atom stereocenters. The Labute approximate surface area is 209 Å². The second kappa shape index (κ2) is 10.1. The molecule has 34 heavy (non-hydrogen) atoms. The van der Waals surface area contributed by atoms with E-state index in [1.165, 1.54) is 27.7 Å². The van der Waals surface area contributed by atoms with Crippen LogP contribution in [0.4, 0.5) is 13.9 Å². The average Bonchev–Trinajstić information content (AvgIpc) is 3.50. The van der Waals surface area contributed by atoms with E-state index in [4.69, 9.17) is 17.3 Å². The summed E-state index contributed by atoms with van der Waals surface area (Å²) in [6, 6.07) is 5.41. The van der Waals surface area contributed by atoms with Gasteiger partial charge in [-0.05, 0) is 40.8 Å². The molecule has 1 aliphatic rings. The van der Waals surface area contributed by atoms with E-state index >= 15 is 0 Å². The van der Waals surface area contributed by atoms with Crippen molar-refractivity contribution < 1.29 is 28.3 Å². The zero-order chi connectivity index (χ0) is 24.4. The monoisotopic (exact) mass is 537 g/mol. The van der Waals surface area contributed by atoms with Crippen LogP contribution in [-0.4, -0.2) is 43.6 Å². The first-order valence-corrected chi connectivity index (χ1v) is 12.5. The minimum atomic E-state index is -1.19. The summed E-state index contributed by atoms with van der Waals surface area (Å²) >= 11 is 8.71. The quantitative estimate of drug-likeness (QED) is 0.320. The van der Waals surface area contributed by atoms with Crippen molar-refractivity contribution in [3.05, 3.63) is 62.1 Å². The van der Waals surface area contributed by atoms with Gasteiger partial charge in [-0.25, -0.2) is 18.6 Å². The number of benzene rings is 1. The molecule has 2 aromatic heterocycles. The number of rotatable bonds is 7. The molecule has 2 N–H and O–H groups in total. The van der Waals surface area contributed by atoms with Crippen LogP contribution in [0.2, 0.25) is 0 Å². The van der Waals surface area contributed by atoms with Crippen molar-refractivity contribution in [3.8, 4) is 11.1 Å². The molecular formula is C21H13F2N3O4S4. The van der Waals surface area contributed by atoms with Crippen LogP contribution in [-0.2, 0) is 9.59 Å². The number of nitrogens with one attached hydrogen (secondary N) is 1. The smallest absolute Gasteiger partial charge is 0.355 e. The third-order valence-corrected chi connectivity index (χ3v) is 7.57. The van der Waals surface area contributed by atoms with E-state index in [1.54, 1.807) is 17.5 Å². The fourth-order valence-corrected chi connectivity index (χ4v) is 5.82. The van der Waals surface area contributed by atoms with E-state index in [1.807, 2.05) is 0 Å². The molecule has 2 amide bonds. The molecule has 0 spiro atoms. The van der Waals surface area contributed by atoms with E-state index < -0.39 is 23.5 Å². The number of thiocarbonyl (C=S) groups is 1. The van der Waals surface area contributed by atoms with E-state index in [9.17, 15) is 23.2 Å². The number of carbonyl (C=O) groups is 3. The molecule has 0 radical (unpaired) electrons. The maximum Gasteiger partial charge on any atom is 0.355 e. The predicted octanol–water partition coefficient (Wildman–Crippen LogP) is 5.08. The molecular weight excluding hydrogens is 525 g/mol. The molecule has 0 aliphatic carbocycles. The summed E-state index contributed by atoms with van der Waals surface area (Å²) in [5, 5.41) is 14.6. The van der Waals surface area contributed by atoms with Crippen LogP contribution in [0, 0.1) is 11.6 Å². The second-order valence-electron chi connectivity index (χ2n) is 6.84. The van der Waals surface area contributed by atoms with Crippen LogP contribution in [0.5, 0.6) is 0 Å². The molecule has 1 aromatic carbocycles. The van der Waals surface area contributed by atoms with Gasteiger partial charge in [0.15, 0.2) is 22.5 Å². The molecule has 0 bridgehead atoms. The highest BCUT2D eigenvalue weighted by Gasteiger charge is 2.32. The molecule has 1 saturated heterocycles. The third-order valence-electron chi connectivity index (χ3n) is 4.55. The summed E-state index contributed by atoms with van der Waals surface area (Å²) in [7, 11) is 0. The SMILES string of the molecule is O=C(CCN1C(=O)/C(=C/c2cc(-c3ccc(F)c(F)c3)cs2)SC1=S)Nc1nc(C(=O)O)cs1. The number of hydrogen-bond acceptors (Lipinski definition) is 8. The van der Waals surface area contributed by atoms with Gasteiger partial charge in [0.1, 0.15) is 4.32 Å². The van der Waals surface area contributed by atoms with Gasteiger partial charge in [0.05, 0.1) is 4.91 Å². The number of carboxylic acids is 1. The Kier molecular flexibility index (Phi) is 7.16. The molecule has 13 heteroatoms. The summed E-state index contributed by atoms with van der Waals surface area (Å²) < 4.78 is 27.0. The number of anilines is 1. The van der Waals surface area contributed by atoms with Gasteiger partial charge in [-0.3, -0.25) is 14.5 Å². The van der Waals surface area contributed by atoms with E-state index in [-0.39, 0.29) is 29.7 Å². The lowest BCUT2D eigenvalue weighted by Gasteiger charge is -2.13. The summed E-state index contributed by atoms with van der Waals surface area (Å²) in [6.45, 7) is 0.0511. The van der Waals surface area contributed by atoms with Crippen molar-refractivity contribution in [2.24, 2.45) is 0 Å². The number of carbonyl (C=O) groups excluding carboxylic acids is 2. The Balaban J connectivity index is 1.38. The van der Waals surface area contributed by atoms with Gasteiger partial charge in [-0.1, -0.05) is 30.0 Å². The minimum absolute atomic E-state index is 0.0511. The molecule has 1 aliphatic heterocycles. The maximum atomic E-state index is 13.5. The van der Waals surface area contributed by atoms with Gasteiger partial charge >= 0.3 is 5.97 Å². The van der Waals surface area contributed by atoms with Crippen LogP contribution in [0.15, 0.2) is 39.9 Å². The van der Waals surface area contributed by atoms with Gasteiger partial charge in [0.25, 0.3) is 5.91 Å². The fraction of sp³-hybridized carbons (Fsp3) is 0.0952. The van der Waals surface area contributed by atoms with E-state index in [0.717, 1.165) is 40.1 Å². The van der Waals surface area contributed by atoms with Crippen molar-refractivity contribution in [1.82, 2.24) is 9.88 Å². The Bertz CT molecular complexity index is 1350. The number of carboxylic acid groups (broad SMARTS) is 1. The largest absolute Gasteiger partial charge is 0.476 e. The number of thiophene rings is 1. The van der Waals surface area contributed by atoms with Crippen LogP contribution in [0.25, 0.3) is 17.2 Å². The van der Waals surface area contributed by atoms with Gasteiger partial charge in [-0.2, -0.15) is 0 Å². The molecule has 0 saturated carbocycles. The molecule has 1 fully saturated rings. The number of thioether (sulfide) groups is 1. The summed E-state index contributed by atoms with van der Waals surface area (Å²) in [4.78, 5) is 42.0. The highest BCUT2D eigenvalue weighted by molar-refractivity contribution is 8.26. The number of aromatic carboxylic acids is 1. The lowest BCUT2D eigenvalue weighted by Crippen LogP contribution is -2.31. The summed E-state index contributed by atoms with van der Waals surface area (Å²) in [6.07, 6.45) is 1.61. The lowest BCUT2D eigenvalue weighted by molar-refractivity contribution is -0.122. The number of hydrogen-bond donors (Lipinski definition) is 2. The van der Waals surface area contributed by atoms with E-state index in [2.05, 4.69) is 10.3 Å². The van der Waals surface area contributed by atoms with Crippen molar-refractivity contribution in [2.75, 3.05) is 11.9 Å². The number of amides is 2. The molecule has 0 atom stereocenters. The minimum Gasteiger partial charge on any atom is -0.476 e. The first kappa shape index (κ1) is 24.1. The van der Waals surface area contributed by atoms with Crippen molar-refractivity contribution in [3.63, 3.8) is 0 Å². The van der Waals surface area contributed by atoms with Gasteiger partial charge in [0.2, 0.25) is 5.91 Å². The highest BCUT2D eigenvalue weighted by atomic mass is 32.2. The van der Waals surface area contributed by atoms with Crippen molar-refractivity contribution in [1.29, 1.82) is 0 Å². The lowest BCUT2D eigenvalue weighted by atomic mass is 10.1. The van der Waals surface area contributed by atoms with Crippen molar-refractivity contribution >= 4 is 80.0 Å². The number of aromatic nitrogens is 1. The highest BCUT2D eigenvalue weighted by Crippen LogP contribution is 2.35. The summed E-state index contributed by atoms with van der Waals surface area (Å²) in [5.74, 6) is -3.82. The normalized spacial score (nSPS) is 14.8. The Morgan fingerprint density at radius 2 is 1.94 bits per heavy atom. The molecule has 174 valence electrons. The molecule has 4 rings (SSSR count). The Hall–Kier alpha value is -3.00. The van der Waals surface area contributed by atoms with Crippen LogP contribution >= 0.6 is 46.7 Å². The zero-order valence-electron chi connectivity index (χ0n) is 16.9. The molecule has 3 heterocycles. The van der Waals surface area contributed by atoms with Gasteiger partial charge in [0, 0.05) is 23.2 Å². The molecule has 7 nitrogen and oxygen atoms in total. The number of nitrogens with zero attached hydrogens (tertiary/aromatic N) is 2. The zero-order valence-corrected chi connectivity index (χ0v) is 20.2. The number of halogens is 2. The third kappa shape index (κ3) is 5.38. The number of thiazole rings is 1. The maximum absolute atomic E-state index is 13.5. The average molecular weight is 538 g/mol. The van der Waals surface area contributed by atoms with Crippen LogP contribution in [0.1, 0.15) is 21.8 Å². The van der Waals surface area contributed by atoms with E-state index in [0.29, 0.717) is 20.4 Å². The fourth-order valence-electron chi connectivity index (χ4n) is 2.90. The van der Waals surface area contributed by atoms with Gasteiger partial charge < -0.3 is 10.4 Å². The van der Waals surface area contributed by atoms with Crippen LogP contribution in [0.3, 0.4) is 0 Å². The van der Waals surface area contributed by atoms with Gasteiger partial charge in [-0.15, -0.1) is 22.7 Å². The topological polar surface area (TPSA) is 99.6 Å². The Morgan fingerprint density at radius 3 is 2.65 bits per heavy atom. The summed E-state index contributed by atoms with van der Waals surface area (Å²) in [5.41, 5.74) is 1.04. The van der Waals surface area contributed by atoms with Crippen molar-refractivity contribution in [2.45, 2.75) is 6.42 Å². The standard InChI is InChI=1S/C21H13F2N3O4S4/c22-13-2-1-10(6-14(13)23)11-5-12(32-8-11)7-16-18(28)26(21(31)34-16)4-3-17(27)25-20-24-15(9-33-20)19(29)30/h1-2,5-9H,3-4H2,(H,29,30)(H,24,25,27)/b16-7-. The Morgan fingerprint density at radius 1 is 1.15 bits per heavy atom. The molecule has 3 aromatic rings. The first-order valence-electron chi connectivity index (χ1n) is 9.49. The second-order valence-corrected chi connectivity index (χ2v) is 10.3.